The molecular formula is C28H21ClN4S. The number of hydrogen-bond acceptors (Lipinski definition) is 5. The van der Waals surface area contributed by atoms with E-state index in [-0.39, 0.29) is 0 Å². The summed E-state index contributed by atoms with van der Waals surface area (Å²) in [5.74, 6) is 0. The minimum Gasteiger partial charge on any atom is -0.397 e. The molecule has 0 fully saturated rings. The van der Waals surface area contributed by atoms with Gasteiger partial charge in [0.1, 0.15) is 10.1 Å². The predicted octanol–water partition coefficient (Wildman–Crippen LogP) is 7.50. The second-order valence-corrected chi connectivity index (χ2v) is 9.01. The predicted molar refractivity (Wildman–Crippen MR) is 146 cm³/mol. The first-order chi connectivity index (χ1) is 16.7. The number of aliphatic imine (C=N–C) groups is 1. The number of benzene rings is 4. The highest BCUT2D eigenvalue weighted by molar-refractivity contribution is 8.18. The summed E-state index contributed by atoms with van der Waals surface area (Å²) >= 11 is 7.70. The van der Waals surface area contributed by atoms with Crippen LogP contribution in [0.3, 0.4) is 0 Å². The molecule has 4 aromatic rings. The molecule has 4 aromatic carbocycles. The summed E-state index contributed by atoms with van der Waals surface area (Å²) in [6.07, 6.45) is 2.06. The Kier molecular flexibility index (Phi) is 6.47. The molecule has 1 heterocycles. The number of nitrogen functional groups attached to an aromatic ring is 1. The van der Waals surface area contributed by atoms with Gasteiger partial charge in [-0.05, 0) is 54.2 Å². The third-order valence-corrected chi connectivity index (χ3v) is 6.46. The van der Waals surface area contributed by atoms with E-state index in [0.29, 0.717) is 10.7 Å². The van der Waals surface area contributed by atoms with Crippen molar-refractivity contribution in [2.45, 2.75) is 0 Å². The van der Waals surface area contributed by atoms with Gasteiger partial charge in [0.25, 0.3) is 0 Å². The summed E-state index contributed by atoms with van der Waals surface area (Å²) in [5.41, 5.74) is 11.3. The standard InChI is InChI=1S/C28H21ClN4S/c29-22-17-15-21(16-18-22)28-32-33(23-11-5-2-6-12-23)27(34-28)19-26(20-9-3-1-4-10-20)31-25-14-8-7-13-24(25)30/h1-19H,30H2/b27-19-,31-26?. The molecule has 0 spiro atoms. The van der Waals surface area contributed by atoms with E-state index in [2.05, 4.69) is 6.08 Å². The SMILES string of the molecule is Nc1ccccc1N=C(/C=C1\SC(c2ccc(Cl)cc2)=NN1c1ccccc1)c1ccccc1. The van der Waals surface area contributed by atoms with Crippen molar-refractivity contribution >= 4 is 51.2 Å². The van der Waals surface area contributed by atoms with E-state index in [1.165, 1.54) is 0 Å². The maximum atomic E-state index is 6.21. The molecule has 166 valence electrons. The molecule has 0 aromatic heterocycles. The number of allylic oxidation sites excluding steroid dienone is 1. The van der Waals surface area contributed by atoms with Crippen LogP contribution in [0.2, 0.25) is 5.02 Å². The molecule has 1 aliphatic rings. The normalized spacial score (nSPS) is 15.0. The van der Waals surface area contributed by atoms with E-state index in [1.807, 2.05) is 114 Å². The molecule has 0 bridgehead atoms. The number of rotatable bonds is 5. The topological polar surface area (TPSA) is 54.0 Å². The van der Waals surface area contributed by atoms with E-state index in [4.69, 9.17) is 27.4 Å². The highest BCUT2D eigenvalue weighted by Crippen LogP contribution is 2.37. The number of anilines is 2. The number of halogens is 1. The highest BCUT2D eigenvalue weighted by Gasteiger charge is 2.25. The largest absolute Gasteiger partial charge is 0.397 e. The fourth-order valence-corrected chi connectivity index (χ4v) is 4.59. The van der Waals surface area contributed by atoms with Crippen molar-refractivity contribution in [3.63, 3.8) is 0 Å². The fourth-order valence-electron chi connectivity index (χ4n) is 3.48. The van der Waals surface area contributed by atoms with Gasteiger partial charge in [0.05, 0.1) is 22.8 Å². The lowest BCUT2D eigenvalue weighted by Gasteiger charge is -2.16. The molecule has 0 radical (unpaired) electrons. The summed E-state index contributed by atoms with van der Waals surface area (Å²) in [6, 6.07) is 35.5. The van der Waals surface area contributed by atoms with Gasteiger partial charge in [-0.25, -0.2) is 10.0 Å². The van der Waals surface area contributed by atoms with Crippen molar-refractivity contribution in [2.24, 2.45) is 10.1 Å². The number of para-hydroxylation sites is 3. The molecule has 0 unspecified atom stereocenters. The molecule has 1 aliphatic heterocycles. The maximum absolute atomic E-state index is 6.21. The Morgan fingerprint density at radius 3 is 2.18 bits per heavy atom. The van der Waals surface area contributed by atoms with Crippen molar-refractivity contribution in [3.05, 3.63) is 136 Å². The van der Waals surface area contributed by atoms with Gasteiger partial charge in [-0.2, -0.15) is 5.10 Å². The Balaban J connectivity index is 1.62. The molecule has 4 nitrogen and oxygen atoms in total. The Bertz CT molecular complexity index is 1380. The van der Waals surface area contributed by atoms with Gasteiger partial charge in [-0.15, -0.1) is 0 Å². The Labute approximate surface area is 208 Å². The monoisotopic (exact) mass is 480 g/mol. The first-order valence-electron chi connectivity index (χ1n) is 10.8. The zero-order valence-electron chi connectivity index (χ0n) is 18.2. The van der Waals surface area contributed by atoms with Crippen LogP contribution in [0.15, 0.2) is 130 Å². The lowest BCUT2D eigenvalue weighted by atomic mass is 10.1. The molecule has 0 aliphatic carbocycles. The van der Waals surface area contributed by atoms with Crippen LogP contribution < -0.4 is 10.7 Å². The zero-order valence-corrected chi connectivity index (χ0v) is 19.7. The first-order valence-corrected chi connectivity index (χ1v) is 11.9. The van der Waals surface area contributed by atoms with Gasteiger partial charge in [-0.3, -0.25) is 0 Å². The van der Waals surface area contributed by atoms with Gasteiger partial charge in [0, 0.05) is 16.1 Å². The van der Waals surface area contributed by atoms with Gasteiger partial charge in [-0.1, -0.05) is 84.4 Å². The molecular weight excluding hydrogens is 460 g/mol. The smallest absolute Gasteiger partial charge is 0.131 e. The summed E-state index contributed by atoms with van der Waals surface area (Å²) < 4.78 is 0. The van der Waals surface area contributed by atoms with E-state index in [0.717, 1.165) is 38.3 Å². The molecule has 0 saturated heterocycles. The summed E-state index contributed by atoms with van der Waals surface area (Å²) in [7, 11) is 0. The molecule has 0 saturated carbocycles. The van der Waals surface area contributed by atoms with Crippen molar-refractivity contribution in [1.82, 2.24) is 0 Å². The second-order valence-electron chi connectivity index (χ2n) is 7.57. The summed E-state index contributed by atoms with van der Waals surface area (Å²) in [6.45, 7) is 0. The number of hydrazone groups is 1. The Hall–Kier alpha value is -3.80. The lowest BCUT2D eigenvalue weighted by molar-refractivity contribution is 1.08. The van der Waals surface area contributed by atoms with Gasteiger partial charge < -0.3 is 5.73 Å². The number of nitrogens with two attached hydrogens (primary N) is 1. The molecule has 0 atom stereocenters. The van der Waals surface area contributed by atoms with Gasteiger partial charge in [0.15, 0.2) is 0 Å². The quantitative estimate of drug-likeness (QED) is 0.237. The number of nitrogens with zero attached hydrogens (tertiary/aromatic N) is 3. The zero-order chi connectivity index (χ0) is 23.3. The number of thioether (sulfide) groups is 1. The van der Waals surface area contributed by atoms with Crippen molar-refractivity contribution in [3.8, 4) is 0 Å². The number of hydrogen-bond donors (Lipinski definition) is 1. The fraction of sp³-hybridized carbons (Fsp3) is 0. The average molecular weight is 481 g/mol. The third-order valence-electron chi connectivity index (χ3n) is 5.20. The average Bonchev–Trinajstić information content (AvgIpc) is 3.30. The van der Waals surface area contributed by atoms with E-state index < -0.39 is 0 Å². The second kappa shape index (κ2) is 10.00. The molecule has 6 heteroatoms. The molecule has 5 rings (SSSR count). The molecule has 2 N–H and O–H groups in total. The summed E-state index contributed by atoms with van der Waals surface area (Å²) in [5, 5.41) is 9.40. The van der Waals surface area contributed by atoms with Crippen molar-refractivity contribution in [2.75, 3.05) is 10.7 Å². The van der Waals surface area contributed by atoms with Gasteiger partial charge >= 0.3 is 0 Å². The van der Waals surface area contributed by atoms with Crippen molar-refractivity contribution in [1.29, 1.82) is 0 Å². The van der Waals surface area contributed by atoms with Crippen LogP contribution in [0.5, 0.6) is 0 Å². The molecule has 34 heavy (non-hydrogen) atoms. The van der Waals surface area contributed by atoms with Crippen LogP contribution in [0.4, 0.5) is 17.1 Å². The van der Waals surface area contributed by atoms with Crippen LogP contribution >= 0.6 is 23.4 Å². The maximum Gasteiger partial charge on any atom is 0.131 e. The Morgan fingerprint density at radius 1 is 0.824 bits per heavy atom. The van der Waals surface area contributed by atoms with E-state index in [9.17, 15) is 0 Å². The van der Waals surface area contributed by atoms with Crippen LogP contribution in [0.1, 0.15) is 11.1 Å². The van der Waals surface area contributed by atoms with E-state index >= 15 is 0 Å². The van der Waals surface area contributed by atoms with Gasteiger partial charge in [0.2, 0.25) is 0 Å². The van der Waals surface area contributed by atoms with E-state index in [1.54, 1.807) is 11.8 Å². The summed E-state index contributed by atoms with van der Waals surface area (Å²) in [4.78, 5) is 4.94. The highest BCUT2D eigenvalue weighted by atomic mass is 35.5. The third kappa shape index (κ3) is 4.91. The van der Waals surface area contributed by atoms with Crippen LogP contribution in [0, 0.1) is 0 Å². The van der Waals surface area contributed by atoms with Crippen LogP contribution in [-0.2, 0) is 0 Å². The first kappa shape index (κ1) is 22.0. The van der Waals surface area contributed by atoms with Crippen molar-refractivity contribution < 1.29 is 0 Å². The van der Waals surface area contributed by atoms with Crippen LogP contribution in [0.25, 0.3) is 0 Å². The Morgan fingerprint density at radius 2 is 1.47 bits per heavy atom. The minimum atomic E-state index is 0.631. The van der Waals surface area contributed by atoms with Crippen LogP contribution in [-0.4, -0.2) is 10.8 Å². The minimum absolute atomic E-state index is 0.631. The lowest BCUT2D eigenvalue weighted by Crippen LogP contribution is -2.11. The molecule has 0 amide bonds.